The Labute approximate surface area is 198 Å². The van der Waals surface area contributed by atoms with E-state index in [1.54, 1.807) is 23.0 Å². The minimum Gasteiger partial charge on any atom is -0.383 e. The summed E-state index contributed by atoms with van der Waals surface area (Å²) in [6.45, 7) is 5.65. The highest BCUT2D eigenvalue weighted by molar-refractivity contribution is 8.00. The summed E-state index contributed by atoms with van der Waals surface area (Å²) in [4.78, 5) is 36.1. The lowest BCUT2D eigenvalue weighted by Gasteiger charge is -2.35. The number of rotatable bonds is 8. The number of aromatic nitrogens is 2. The summed E-state index contributed by atoms with van der Waals surface area (Å²) in [5, 5.41) is 1.14. The van der Waals surface area contributed by atoms with E-state index in [1.165, 1.54) is 47.9 Å². The number of ether oxygens (including phenoxy) is 1. The highest BCUT2D eigenvalue weighted by Crippen LogP contribution is 2.35. The van der Waals surface area contributed by atoms with Gasteiger partial charge in [0.05, 0.1) is 23.8 Å². The first kappa shape index (κ1) is 23.8. The van der Waals surface area contributed by atoms with E-state index in [1.807, 2.05) is 6.92 Å². The average Bonchev–Trinajstić information content (AvgIpc) is 3.18. The largest absolute Gasteiger partial charge is 0.383 e. The van der Waals surface area contributed by atoms with Crippen LogP contribution in [0.2, 0.25) is 0 Å². The minimum atomic E-state index is -0.287. The fraction of sp³-hybridized carbons (Fsp3) is 0.708. The summed E-state index contributed by atoms with van der Waals surface area (Å²) in [6.07, 6.45) is 10.2. The molecule has 2 aliphatic carbocycles. The molecule has 4 rings (SSSR count). The molecule has 0 N–H and O–H groups in total. The van der Waals surface area contributed by atoms with Crippen LogP contribution in [0.25, 0.3) is 10.2 Å². The minimum absolute atomic E-state index is 0.0215. The summed E-state index contributed by atoms with van der Waals surface area (Å²) in [5.41, 5.74) is 1.23. The van der Waals surface area contributed by atoms with Crippen LogP contribution in [0.1, 0.15) is 69.2 Å². The molecule has 0 spiro atoms. The fourth-order valence-corrected chi connectivity index (χ4v) is 7.43. The molecule has 0 radical (unpaired) electrons. The zero-order valence-electron chi connectivity index (χ0n) is 19.5. The van der Waals surface area contributed by atoms with Gasteiger partial charge < -0.3 is 9.64 Å². The Morgan fingerprint density at radius 1 is 1.25 bits per heavy atom. The number of nitrogens with zero attached hydrogens (tertiary/aromatic N) is 3. The van der Waals surface area contributed by atoms with Gasteiger partial charge in [0.2, 0.25) is 5.91 Å². The Bertz CT molecular complexity index is 1010. The maximum Gasteiger partial charge on any atom is 0.263 e. The molecule has 32 heavy (non-hydrogen) atoms. The molecule has 1 unspecified atom stereocenters. The Hall–Kier alpha value is -1.38. The number of hydrogen-bond donors (Lipinski definition) is 0. The molecule has 0 aromatic carbocycles. The Morgan fingerprint density at radius 2 is 2.00 bits per heavy atom. The molecule has 6 nitrogen and oxygen atoms in total. The van der Waals surface area contributed by atoms with Crippen LogP contribution in [0.4, 0.5) is 0 Å². The van der Waals surface area contributed by atoms with Crippen molar-refractivity contribution < 1.29 is 9.53 Å². The molecule has 176 valence electrons. The van der Waals surface area contributed by atoms with Gasteiger partial charge in [0.25, 0.3) is 5.56 Å². The molecule has 0 aliphatic heterocycles. The molecule has 1 fully saturated rings. The van der Waals surface area contributed by atoms with Crippen molar-refractivity contribution in [3.63, 3.8) is 0 Å². The van der Waals surface area contributed by atoms with Crippen molar-refractivity contribution in [1.29, 1.82) is 0 Å². The monoisotopic (exact) mass is 477 g/mol. The van der Waals surface area contributed by atoms with Crippen molar-refractivity contribution in [1.82, 2.24) is 14.5 Å². The molecule has 8 heteroatoms. The van der Waals surface area contributed by atoms with Gasteiger partial charge >= 0.3 is 0 Å². The summed E-state index contributed by atoms with van der Waals surface area (Å²) in [7, 11) is 1.64. The number of carbonyl (C=O) groups excluding carboxylic acids is 1. The number of hydrogen-bond acceptors (Lipinski definition) is 6. The zero-order chi connectivity index (χ0) is 22.7. The van der Waals surface area contributed by atoms with E-state index in [0.717, 1.165) is 48.9 Å². The number of thiophene rings is 1. The average molecular weight is 478 g/mol. The Kier molecular flexibility index (Phi) is 7.95. The molecular weight excluding hydrogens is 442 g/mol. The Morgan fingerprint density at radius 3 is 2.72 bits per heavy atom. The van der Waals surface area contributed by atoms with Gasteiger partial charge in [-0.05, 0) is 57.9 Å². The quantitative estimate of drug-likeness (QED) is 0.409. The van der Waals surface area contributed by atoms with Gasteiger partial charge in [-0.15, -0.1) is 11.3 Å². The standard InChI is InChI=1S/C24H35N3O3S2/c1-4-26(17-10-6-5-7-11-17)22(28)16(2)31-24-25-21-20(23(29)27(24)14-15-30-3)18-12-8-9-13-19(18)32-21/h16-17H,4-15H2,1-3H3. The van der Waals surface area contributed by atoms with Crippen LogP contribution in [-0.4, -0.2) is 51.9 Å². The van der Waals surface area contributed by atoms with Gasteiger partial charge in [-0.25, -0.2) is 4.98 Å². The van der Waals surface area contributed by atoms with Crippen LogP contribution in [0, 0.1) is 0 Å². The first-order valence-corrected chi connectivity index (χ1v) is 13.8. The van der Waals surface area contributed by atoms with Gasteiger partial charge in [-0.2, -0.15) is 0 Å². The third kappa shape index (κ3) is 4.77. The normalized spacial score (nSPS) is 18.0. The second-order valence-electron chi connectivity index (χ2n) is 8.91. The van der Waals surface area contributed by atoms with Crippen LogP contribution < -0.4 is 5.56 Å². The lowest BCUT2D eigenvalue weighted by molar-refractivity contribution is -0.133. The van der Waals surface area contributed by atoms with Crippen molar-refractivity contribution in [2.75, 3.05) is 20.3 Å². The molecule has 2 heterocycles. The van der Waals surface area contributed by atoms with Crippen LogP contribution in [0.3, 0.4) is 0 Å². The number of thioether (sulfide) groups is 1. The van der Waals surface area contributed by atoms with E-state index < -0.39 is 0 Å². The maximum atomic E-state index is 13.5. The number of carbonyl (C=O) groups is 1. The molecule has 0 bridgehead atoms. The number of amides is 1. The predicted molar refractivity (Wildman–Crippen MR) is 132 cm³/mol. The van der Waals surface area contributed by atoms with Crippen molar-refractivity contribution in [3.8, 4) is 0 Å². The third-order valence-corrected chi connectivity index (χ3v) is 9.09. The SMILES string of the molecule is CCN(C(=O)C(C)Sc1nc2sc3c(c2c(=O)n1CCOC)CCCC3)C1CCCCC1. The van der Waals surface area contributed by atoms with Crippen LogP contribution >= 0.6 is 23.1 Å². The van der Waals surface area contributed by atoms with Crippen molar-refractivity contribution >= 4 is 39.2 Å². The highest BCUT2D eigenvalue weighted by atomic mass is 32.2. The lowest BCUT2D eigenvalue weighted by atomic mass is 9.94. The fourth-order valence-electron chi connectivity index (χ4n) is 5.12. The van der Waals surface area contributed by atoms with Crippen LogP contribution in [0.15, 0.2) is 9.95 Å². The lowest BCUT2D eigenvalue weighted by Crippen LogP contribution is -2.44. The maximum absolute atomic E-state index is 13.5. The molecule has 1 atom stereocenters. The second kappa shape index (κ2) is 10.7. The van der Waals surface area contributed by atoms with Crippen molar-refractivity contribution in [2.24, 2.45) is 0 Å². The Balaban J connectivity index is 1.64. The molecule has 2 aliphatic rings. The smallest absolute Gasteiger partial charge is 0.263 e. The molecule has 2 aromatic heterocycles. The van der Waals surface area contributed by atoms with E-state index in [-0.39, 0.29) is 16.7 Å². The summed E-state index contributed by atoms with van der Waals surface area (Å²) >= 11 is 3.09. The zero-order valence-corrected chi connectivity index (χ0v) is 21.2. The first-order valence-electron chi connectivity index (χ1n) is 12.1. The third-order valence-electron chi connectivity index (χ3n) is 6.83. The summed E-state index contributed by atoms with van der Waals surface area (Å²) < 4.78 is 7.01. The van der Waals surface area contributed by atoms with E-state index in [4.69, 9.17) is 9.72 Å². The summed E-state index contributed by atoms with van der Waals surface area (Å²) in [6, 6.07) is 0.347. The predicted octanol–water partition coefficient (Wildman–Crippen LogP) is 4.65. The number of aryl methyl sites for hydroxylation is 2. The van der Waals surface area contributed by atoms with Gasteiger partial charge in [0.15, 0.2) is 5.16 Å². The molecular formula is C24H35N3O3S2. The van der Waals surface area contributed by atoms with E-state index in [2.05, 4.69) is 11.8 Å². The highest BCUT2D eigenvalue weighted by Gasteiger charge is 2.30. The topological polar surface area (TPSA) is 64.4 Å². The van der Waals surface area contributed by atoms with E-state index in [0.29, 0.717) is 24.3 Å². The summed E-state index contributed by atoms with van der Waals surface area (Å²) in [5.74, 6) is 0.155. The van der Waals surface area contributed by atoms with Crippen LogP contribution in [-0.2, 0) is 28.9 Å². The number of methoxy groups -OCH3 is 1. The molecule has 1 saturated carbocycles. The van der Waals surface area contributed by atoms with Gasteiger partial charge in [-0.1, -0.05) is 31.0 Å². The second-order valence-corrected chi connectivity index (χ2v) is 11.3. The molecule has 0 saturated heterocycles. The van der Waals surface area contributed by atoms with Crippen molar-refractivity contribution in [3.05, 3.63) is 20.8 Å². The van der Waals surface area contributed by atoms with Crippen molar-refractivity contribution in [2.45, 2.75) is 94.6 Å². The van der Waals surface area contributed by atoms with Crippen LogP contribution in [0.5, 0.6) is 0 Å². The van der Waals surface area contributed by atoms with E-state index >= 15 is 0 Å². The molecule has 1 amide bonds. The molecule has 2 aromatic rings. The van der Waals surface area contributed by atoms with Gasteiger partial charge in [0.1, 0.15) is 4.83 Å². The van der Waals surface area contributed by atoms with Gasteiger partial charge in [0, 0.05) is 24.6 Å². The van der Waals surface area contributed by atoms with E-state index in [9.17, 15) is 9.59 Å². The van der Waals surface area contributed by atoms with Gasteiger partial charge in [-0.3, -0.25) is 14.2 Å². The number of fused-ring (bicyclic) bond motifs is 3. The first-order chi connectivity index (χ1) is 15.5.